The molecule has 4 saturated heterocycles. The summed E-state index contributed by atoms with van der Waals surface area (Å²) in [6.45, 7) is 6.66. The van der Waals surface area contributed by atoms with Gasteiger partial charge in [-0.15, -0.1) is 12.4 Å². The first kappa shape index (κ1) is 57.7. The van der Waals surface area contributed by atoms with E-state index in [9.17, 15) is 31.7 Å². The summed E-state index contributed by atoms with van der Waals surface area (Å²) in [6, 6.07) is 16.7. The summed E-state index contributed by atoms with van der Waals surface area (Å²) in [6.07, 6.45) is 14.8. The average molecular weight is 1160 g/mol. The third kappa shape index (κ3) is 13.8. The first-order valence-electron chi connectivity index (χ1n) is 24.6. The summed E-state index contributed by atoms with van der Waals surface area (Å²) in [5, 5.41) is 31.3. The lowest BCUT2D eigenvalue weighted by atomic mass is 9.98. The molecule has 10 rings (SSSR count). The van der Waals surface area contributed by atoms with Crippen LogP contribution in [-0.2, 0) is 20.0 Å². The molecule has 4 aliphatic heterocycles. The summed E-state index contributed by atoms with van der Waals surface area (Å²) in [7, 11) is -7.16. The summed E-state index contributed by atoms with van der Waals surface area (Å²) < 4.78 is 55.6. The molecular weight excluding hydrogens is 1100 g/mol. The van der Waals surface area contributed by atoms with Crippen LogP contribution in [0.3, 0.4) is 0 Å². The van der Waals surface area contributed by atoms with Crippen molar-refractivity contribution in [1.29, 1.82) is 10.5 Å². The Kier molecular flexibility index (Phi) is 18.7. The zero-order chi connectivity index (χ0) is 53.8. The summed E-state index contributed by atoms with van der Waals surface area (Å²) in [4.78, 5) is 42.0. The number of aryl methyl sites for hydroxylation is 2. The molecular formula is C50H58Cl4N14O6S2. The molecule has 4 aromatic heterocycles. The lowest BCUT2D eigenvalue weighted by molar-refractivity contribution is 0.0600. The van der Waals surface area contributed by atoms with Crippen molar-refractivity contribution >= 4 is 108 Å². The molecule has 20 nitrogen and oxygen atoms in total. The third-order valence-electron chi connectivity index (χ3n) is 13.3. The van der Waals surface area contributed by atoms with Crippen LogP contribution >= 0.6 is 47.2 Å². The van der Waals surface area contributed by atoms with Crippen LogP contribution in [0.5, 0.6) is 0 Å². The predicted octanol–water partition coefficient (Wildman–Crippen LogP) is 8.69. The number of amides is 2. The van der Waals surface area contributed by atoms with Crippen LogP contribution < -0.4 is 19.7 Å². The maximum Gasteiger partial charge on any atom is 0.256 e. The molecule has 0 unspecified atom stereocenters. The number of sulfonamides is 2. The highest BCUT2D eigenvalue weighted by molar-refractivity contribution is 7.92. The minimum Gasteiger partial charge on any atom is -0.340 e. The van der Waals surface area contributed by atoms with Gasteiger partial charge in [0.25, 0.3) is 11.8 Å². The molecule has 0 bridgehead atoms. The Balaban J connectivity index is 0.000000196. The molecule has 8 heterocycles. The van der Waals surface area contributed by atoms with E-state index < -0.39 is 20.0 Å². The van der Waals surface area contributed by atoms with E-state index in [4.69, 9.17) is 50.1 Å². The second-order valence-corrected chi connectivity index (χ2v) is 23.8. The minimum absolute atomic E-state index is 0. The third-order valence-corrected chi connectivity index (χ3v) is 15.4. The van der Waals surface area contributed by atoms with Crippen LogP contribution in [-0.4, -0.2) is 118 Å². The molecule has 2 amide bonds. The van der Waals surface area contributed by atoms with Gasteiger partial charge in [-0.1, -0.05) is 34.8 Å². The number of piperidine rings is 2. The van der Waals surface area contributed by atoms with Gasteiger partial charge in [-0.05, 0) is 121 Å². The number of hydrogen-bond donors (Lipinski definition) is 3. The molecule has 0 aliphatic carbocycles. The van der Waals surface area contributed by atoms with Crippen molar-refractivity contribution in [3.8, 4) is 12.1 Å². The van der Waals surface area contributed by atoms with Gasteiger partial charge in [0.2, 0.25) is 20.0 Å². The summed E-state index contributed by atoms with van der Waals surface area (Å²) in [5.74, 6) is 0.168. The first-order chi connectivity index (χ1) is 35.7. The van der Waals surface area contributed by atoms with Gasteiger partial charge in [0, 0.05) is 65.3 Å². The Morgan fingerprint density at radius 1 is 0.658 bits per heavy atom. The van der Waals surface area contributed by atoms with E-state index in [0.29, 0.717) is 45.3 Å². The zero-order valence-electron chi connectivity index (χ0n) is 42.2. The van der Waals surface area contributed by atoms with E-state index in [0.717, 1.165) is 112 Å². The maximum atomic E-state index is 13.8. The molecule has 404 valence electrons. The standard InChI is InChI=1S/C25H28ClN7O3S.C20H21Cl2N5O3S.C5H8N2.ClH/c1-16-15-33-23(28-24(16)31-11-5-6-18(31)14-27)13-21(29-33)22-7-3-4-10-32(22)25(34)19-12-17(26)8-9-20(19)30-37(2,35)36;1-12-11-27-18(23-19(12)22)10-16(24-27)17-5-3-4-8-26(17)20(28)14-9-13(21)6-7-15(14)25-31(2,29)30;6-4-5-2-1-3-7-5;/h8-9,12-13,15,18,22,30H,3-7,10-11H2,1-2H3;6-7,9-11,17,25H,3-5,8H2,1-2H3;5,7H,1-3H2;1H/t18-,22-;17-;5-;/m000./s1. The van der Waals surface area contributed by atoms with E-state index >= 15 is 0 Å². The van der Waals surface area contributed by atoms with E-state index in [2.05, 4.69) is 37.0 Å². The molecule has 3 N–H and O–H groups in total. The lowest BCUT2D eigenvalue weighted by Gasteiger charge is -2.35. The molecule has 0 spiro atoms. The van der Waals surface area contributed by atoms with Gasteiger partial charge in [0.15, 0.2) is 11.3 Å². The van der Waals surface area contributed by atoms with Crippen LogP contribution in [0.25, 0.3) is 11.3 Å². The minimum atomic E-state index is -3.59. The van der Waals surface area contributed by atoms with Crippen molar-refractivity contribution in [1.82, 2.24) is 44.3 Å². The van der Waals surface area contributed by atoms with Crippen LogP contribution in [0.2, 0.25) is 15.2 Å². The van der Waals surface area contributed by atoms with Gasteiger partial charge >= 0.3 is 0 Å². The molecule has 4 aliphatic rings. The van der Waals surface area contributed by atoms with Gasteiger partial charge in [-0.3, -0.25) is 19.0 Å². The number of anilines is 3. The fraction of sp³-hybridized carbons (Fsp3) is 0.440. The number of carbonyl (C=O) groups excluding carboxylic acids is 2. The van der Waals surface area contributed by atoms with Gasteiger partial charge in [-0.25, -0.2) is 35.8 Å². The number of aromatic nitrogens is 6. The second kappa shape index (κ2) is 24.6. The first-order valence-corrected chi connectivity index (χ1v) is 29.5. The number of nitriles is 2. The van der Waals surface area contributed by atoms with Crippen LogP contribution in [0.1, 0.15) is 120 Å². The van der Waals surface area contributed by atoms with Crippen LogP contribution in [0.4, 0.5) is 17.2 Å². The predicted molar refractivity (Wildman–Crippen MR) is 295 cm³/mol. The molecule has 4 fully saturated rings. The number of carbonyl (C=O) groups is 2. The van der Waals surface area contributed by atoms with E-state index in [1.165, 1.54) is 24.3 Å². The topological polar surface area (TPSA) is 256 Å². The fourth-order valence-electron chi connectivity index (χ4n) is 9.83. The molecule has 0 saturated carbocycles. The number of nitrogens with one attached hydrogen (secondary N) is 3. The average Bonchev–Trinajstić information content (AvgIpc) is 4.23. The Labute approximate surface area is 463 Å². The van der Waals surface area contributed by atoms with E-state index in [1.54, 1.807) is 37.2 Å². The summed E-state index contributed by atoms with van der Waals surface area (Å²) in [5.41, 5.74) is 5.19. The van der Waals surface area contributed by atoms with Crippen LogP contribution in [0, 0.1) is 36.5 Å². The number of hydrogen-bond acceptors (Lipinski definition) is 14. The van der Waals surface area contributed by atoms with Crippen molar-refractivity contribution in [2.45, 2.75) is 102 Å². The molecule has 26 heteroatoms. The largest absolute Gasteiger partial charge is 0.340 e. The highest BCUT2D eigenvalue weighted by Gasteiger charge is 2.35. The Morgan fingerprint density at radius 3 is 1.63 bits per heavy atom. The zero-order valence-corrected chi connectivity index (χ0v) is 46.9. The summed E-state index contributed by atoms with van der Waals surface area (Å²) >= 11 is 18.5. The number of nitrogens with zero attached hydrogens (tertiary/aromatic N) is 11. The number of benzene rings is 2. The maximum absolute atomic E-state index is 13.8. The highest BCUT2D eigenvalue weighted by Crippen LogP contribution is 2.37. The number of rotatable bonds is 9. The quantitative estimate of drug-likeness (QED) is 0.115. The number of fused-ring (bicyclic) bond motifs is 2. The van der Waals surface area contributed by atoms with Crippen molar-refractivity contribution in [3.63, 3.8) is 0 Å². The van der Waals surface area contributed by atoms with Crippen molar-refractivity contribution in [2.24, 2.45) is 0 Å². The number of halogens is 4. The Bertz CT molecular complexity index is 3410. The molecule has 2 aromatic carbocycles. The van der Waals surface area contributed by atoms with Crippen molar-refractivity contribution in [3.05, 3.63) is 110 Å². The van der Waals surface area contributed by atoms with Gasteiger partial charge in [0.1, 0.15) is 17.0 Å². The molecule has 4 atom stereocenters. The molecule has 76 heavy (non-hydrogen) atoms. The van der Waals surface area contributed by atoms with Crippen LogP contribution in [0.15, 0.2) is 60.9 Å². The number of likely N-dealkylation sites (tertiary alicyclic amines) is 2. The van der Waals surface area contributed by atoms with E-state index in [1.807, 2.05) is 37.1 Å². The normalized spacial score (nSPS) is 19.6. The van der Waals surface area contributed by atoms with E-state index in [-0.39, 0.29) is 70.9 Å². The van der Waals surface area contributed by atoms with Gasteiger partial charge in [0.05, 0.1) is 76.7 Å². The van der Waals surface area contributed by atoms with Gasteiger partial charge in [-0.2, -0.15) is 20.7 Å². The Hall–Kier alpha value is -5.98. The highest BCUT2D eigenvalue weighted by atomic mass is 35.5. The Morgan fingerprint density at radius 2 is 1.17 bits per heavy atom. The SMILES string of the molecule is Cc1cn2nc([C@@H]3CCCCN3C(=O)c3cc(Cl)ccc3NS(C)(=O)=O)cc2nc1Cl.Cc1cn2nc([C@@H]3CCCCN3C(=O)c3cc(Cl)ccc3NS(C)(=O)=O)cc2nc1N1CCC[C@H]1C#N.Cl.N#C[C@@H]1CCCN1. The molecule has 0 radical (unpaired) electrons. The van der Waals surface area contributed by atoms with Gasteiger partial charge < -0.3 is 20.0 Å². The second-order valence-electron chi connectivity index (χ2n) is 19.1. The van der Waals surface area contributed by atoms with Crippen molar-refractivity contribution in [2.75, 3.05) is 53.0 Å². The molecule has 6 aromatic rings. The lowest BCUT2D eigenvalue weighted by Crippen LogP contribution is -2.39. The monoisotopic (exact) mass is 1150 g/mol. The smallest absolute Gasteiger partial charge is 0.256 e. The van der Waals surface area contributed by atoms with Crippen molar-refractivity contribution < 1.29 is 26.4 Å². The fourth-order valence-corrected chi connectivity index (χ4v) is 11.5.